The van der Waals surface area contributed by atoms with Gasteiger partial charge in [0, 0.05) is 61.2 Å². The molecule has 1 fully saturated rings. The van der Waals surface area contributed by atoms with E-state index in [1.54, 1.807) is 45.4 Å². The Hall–Kier alpha value is -5.73. The minimum atomic E-state index is -1.34. The van der Waals surface area contributed by atoms with Crippen LogP contribution in [0.3, 0.4) is 0 Å². The molecule has 4 N–H and O–H groups in total. The molecular weight excluding hydrogens is 739 g/mol. The topological polar surface area (TPSA) is 196 Å². The summed E-state index contributed by atoms with van der Waals surface area (Å²) in [6.45, 7) is 16.7. The molecule has 1 aliphatic rings. The molecule has 1 saturated heterocycles. The van der Waals surface area contributed by atoms with Gasteiger partial charge in [0.25, 0.3) is 0 Å². The van der Waals surface area contributed by atoms with Crippen LogP contribution in [0.2, 0.25) is 0 Å². The van der Waals surface area contributed by atoms with Crippen molar-refractivity contribution in [1.29, 1.82) is 0 Å². The van der Waals surface area contributed by atoms with E-state index in [2.05, 4.69) is 36.2 Å². The lowest BCUT2D eigenvalue weighted by atomic mass is 9.87. The van der Waals surface area contributed by atoms with Crippen molar-refractivity contribution in [2.24, 2.45) is 17.8 Å². The molecule has 0 aliphatic carbocycles. The van der Waals surface area contributed by atoms with Gasteiger partial charge in [-0.25, -0.2) is 4.98 Å². The number of hydrogen-bond acceptors (Lipinski definition) is 11. The van der Waals surface area contributed by atoms with Crippen molar-refractivity contribution in [2.45, 2.75) is 112 Å². The molecule has 0 unspecified atom stereocenters. The van der Waals surface area contributed by atoms with E-state index in [4.69, 9.17) is 0 Å². The molecule has 312 valence electrons. The quantitative estimate of drug-likeness (QED) is 0.0910. The molecule has 0 spiro atoms. The summed E-state index contributed by atoms with van der Waals surface area (Å²) in [5, 5.41) is 12.1. The highest BCUT2D eigenvalue weighted by Crippen LogP contribution is 2.29. The van der Waals surface area contributed by atoms with Gasteiger partial charge in [-0.05, 0) is 89.5 Å². The number of hydrogen-bond donors (Lipinski definition) is 4. The van der Waals surface area contributed by atoms with Gasteiger partial charge in [-0.15, -0.1) is 0 Å². The number of nitrogens with one attached hydrogen (secondary N) is 4. The second kappa shape index (κ2) is 19.6. The highest BCUT2D eigenvalue weighted by atomic mass is 16.2. The molecule has 3 atom stereocenters. The fourth-order valence-corrected chi connectivity index (χ4v) is 6.81. The standard InChI is InChI=1S/C43H59N9O6/c1-25(2)18-35(29(7)54)48-41(58)43(8,9)50-39(56)36-12-11-17-52(36)40(57)33(26(3)4)20-37(55)30-15-13-27(5)34(19-30)45-21-31-22-46-42(49-38(31)51(10)24-53)47-32-16-14-28(6)44-23-32/h13-16,19,22-26,33,35-36,45H,11-12,17-18,20-21H2,1-10H3,(H,48,58)(H,50,56)(H,46,47,49)/t33-,35-,36-/m1/s1. The van der Waals surface area contributed by atoms with E-state index in [1.165, 1.54) is 16.7 Å². The van der Waals surface area contributed by atoms with Crippen molar-refractivity contribution < 1.29 is 28.8 Å². The maximum Gasteiger partial charge on any atom is 0.245 e. The third-order valence-corrected chi connectivity index (χ3v) is 10.4. The average molecular weight is 798 g/mol. The minimum Gasteiger partial charge on any atom is -0.381 e. The zero-order chi connectivity index (χ0) is 42.9. The number of aromatic nitrogens is 3. The maximum atomic E-state index is 14.1. The first-order chi connectivity index (χ1) is 27.3. The second-order valence-corrected chi connectivity index (χ2v) is 16.5. The van der Waals surface area contributed by atoms with Crippen LogP contribution >= 0.6 is 0 Å². The monoisotopic (exact) mass is 797 g/mol. The van der Waals surface area contributed by atoms with Crippen LogP contribution in [0.5, 0.6) is 0 Å². The van der Waals surface area contributed by atoms with E-state index in [9.17, 15) is 28.8 Å². The smallest absolute Gasteiger partial charge is 0.245 e. The van der Waals surface area contributed by atoms with Gasteiger partial charge in [-0.1, -0.05) is 39.8 Å². The van der Waals surface area contributed by atoms with Crippen molar-refractivity contribution in [1.82, 2.24) is 30.5 Å². The Bertz CT molecular complexity index is 1980. The third kappa shape index (κ3) is 11.7. The van der Waals surface area contributed by atoms with Gasteiger partial charge in [0.15, 0.2) is 11.6 Å². The molecule has 4 amide bonds. The molecule has 1 aliphatic heterocycles. The fraction of sp³-hybridized carbons (Fsp3) is 0.512. The van der Waals surface area contributed by atoms with Crippen LogP contribution in [0.25, 0.3) is 0 Å². The number of ketones is 2. The summed E-state index contributed by atoms with van der Waals surface area (Å²) >= 11 is 0. The Morgan fingerprint density at radius 1 is 1.02 bits per heavy atom. The van der Waals surface area contributed by atoms with Crippen LogP contribution in [-0.2, 0) is 30.5 Å². The molecule has 0 radical (unpaired) electrons. The first kappa shape index (κ1) is 45.0. The summed E-state index contributed by atoms with van der Waals surface area (Å²) in [5.41, 5.74) is 2.85. The van der Waals surface area contributed by atoms with Gasteiger partial charge < -0.3 is 31.1 Å². The Labute approximate surface area is 341 Å². The van der Waals surface area contributed by atoms with Gasteiger partial charge >= 0.3 is 0 Å². The zero-order valence-electron chi connectivity index (χ0n) is 35.4. The largest absolute Gasteiger partial charge is 0.381 e. The van der Waals surface area contributed by atoms with Crippen LogP contribution in [-0.4, -0.2) is 86.8 Å². The Morgan fingerprint density at radius 3 is 2.36 bits per heavy atom. The maximum absolute atomic E-state index is 14.1. The zero-order valence-corrected chi connectivity index (χ0v) is 35.4. The number of likely N-dealkylation sites (tertiary alicyclic amines) is 1. The number of pyridine rings is 1. The highest BCUT2D eigenvalue weighted by Gasteiger charge is 2.41. The van der Waals surface area contributed by atoms with E-state index in [-0.39, 0.29) is 42.3 Å². The van der Waals surface area contributed by atoms with Crippen LogP contribution in [0.15, 0.2) is 42.7 Å². The number of amides is 4. The summed E-state index contributed by atoms with van der Waals surface area (Å²) in [6, 6.07) is 7.56. The first-order valence-electron chi connectivity index (χ1n) is 19.9. The molecule has 4 rings (SSSR count). The lowest BCUT2D eigenvalue weighted by Gasteiger charge is -2.33. The molecule has 58 heavy (non-hydrogen) atoms. The molecule has 15 heteroatoms. The number of rotatable bonds is 19. The van der Waals surface area contributed by atoms with E-state index >= 15 is 0 Å². The molecule has 15 nitrogen and oxygen atoms in total. The molecule has 2 aromatic heterocycles. The predicted molar refractivity (Wildman–Crippen MR) is 224 cm³/mol. The molecule has 3 heterocycles. The number of benzene rings is 1. The normalized spacial score (nSPS) is 15.1. The summed E-state index contributed by atoms with van der Waals surface area (Å²) in [4.78, 5) is 95.1. The summed E-state index contributed by atoms with van der Waals surface area (Å²) in [7, 11) is 1.60. The average Bonchev–Trinajstić information content (AvgIpc) is 3.67. The number of Topliss-reactive ketones (excluding diaryl/α,β-unsaturated/α-hetero) is 2. The van der Waals surface area contributed by atoms with E-state index in [1.807, 2.05) is 59.7 Å². The van der Waals surface area contributed by atoms with Crippen molar-refractivity contribution in [3.05, 3.63) is 65.1 Å². The van der Waals surface area contributed by atoms with E-state index in [0.717, 1.165) is 11.3 Å². The van der Waals surface area contributed by atoms with E-state index in [0.29, 0.717) is 66.5 Å². The lowest BCUT2D eigenvalue weighted by molar-refractivity contribution is -0.144. The van der Waals surface area contributed by atoms with Crippen LogP contribution in [0.4, 0.5) is 23.1 Å². The van der Waals surface area contributed by atoms with Crippen molar-refractivity contribution in [3.8, 4) is 0 Å². The third-order valence-electron chi connectivity index (χ3n) is 10.4. The van der Waals surface area contributed by atoms with Gasteiger partial charge in [0.2, 0.25) is 30.1 Å². The van der Waals surface area contributed by atoms with Crippen LogP contribution < -0.4 is 26.2 Å². The number of aryl methyl sites for hydroxylation is 2. The first-order valence-corrected chi connectivity index (χ1v) is 19.9. The Balaban J connectivity index is 1.44. The number of carbonyl (C=O) groups excluding carboxylic acids is 6. The van der Waals surface area contributed by atoms with Crippen LogP contribution in [0, 0.1) is 31.6 Å². The molecule has 0 bridgehead atoms. The predicted octanol–water partition coefficient (Wildman–Crippen LogP) is 5.29. The second-order valence-electron chi connectivity index (χ2n) is 16.5. The summed E-state index contributed by atoms with van der Waals surface area (Å²) < 4.78 is 0. The number of anilines is 4. The van der Waals surface area contributed by atoms with Gasteiger partial charge in [0.05, 0.1) is 17.9 Å². The summed E-state index contributed by atoms with van der Waals surface area (Å²) in [6.07, 6.45) is 5.39. The van der Waals surface area contributed by atoms with Gasteiger partial charge in [0.1, 0.15) is 17.4 Å². The molecular formula is C43H59N9O6. The summed E-state index contributed by atoms with van der Waals surface area (Å²) in [5.74, 6) is -1.64. The Kier molecular flexibility index (Phi) is 15.2. The van der Waals surface area contributed by atoms with Crippen molar-refractivity contribution >= 4 is 58.8 Å². The van der Waals surface area contributed by atoms with Gasteiger partial charge in [-0.2, -0.15) is 4.98 Å². The number of carbonyl (C=O) groups is 6. The number of nitrogens with zero attached hydrogens (tertiary/aromatic N) is 5. The lowest BCUT2D eigenvalue weighted by Crippen LogP contribution is -2.61. The molecule has 3 aromatic rings. The van der Waals surface area contributed by atoms with Crippen molar-refractivity contribution in [2.75, 3.05) is 29.1 Å². The molecule has 1 aromatic carbocycles. The SMILES string of the molecule is CC(=O)[C@@H](CC(C)C)NC(=O)C(C)(C)NC(=O)[C@H]1CCCN1C(=O)[C@H](CC(=O)c1ccc(C)c(NCc2cnc(Nc3ccc(C)nc3)nc2N(C)C=O)c1)C(C)C. The Morgan fingerprint density at radius 2 is 1.74 bits per heavy atom. The minimum absolute atomic E-state index is 0.0624. The van der Waals surface area contributed by atoms with Gasteiger partial charge in [-0.3, -0.25) is 33.8 Å². The van der Waals surface area contributed by atoms with E-state index < -0.39 is 35.4 Å². The van der Waals surface area contributed by atoms with Crippen LogP contribution in [0.1, 0.15) is 101 Å². The fourth-order valence-electron chi connectivity index (χ4n) is 6.81. The highest BCUT2D eigenvalue weighted by molar-refractivity contribution is 6.01. The molecule has 0 saturated carbocycles. The van der Waals surface area contributed by atoms with Crippen molar-refractivity contribution in [3.63, 3.8) is 0 Å².